The van der Waals surface area contributed by atoms with Crippen LogP contribution in [0, 0.1) is 0 Å². The van der Waals surface area contributed by atoms with Crippen LogP contribution in [0.25, 0.3) is 0 Å². The molecule has 0 aliphatic carbocycles. The first kappa shape index (κ1) is 7.94. The van der Waals surface area contributed by atoms with Gasteiger partial charge in [0, 0.05) is 6.61 Å². The summed E-state index contributed by atoms with van der Waals surface area (Å²) in [5, 5.41) is 26.7. The highest BCUT2D eigenvalue weighted by atomic mass is 16.5. The fourth-order valence-electron chi connectivity index (χ4n) is 1.02. The third-order valence-corrected chi connectivity index (χ3v) is 1.70. The second-order valence-electron chi connectivity index (χ2n) is 2.44. The minimum Gasteiger partial charge on any atom is -0.394 e. The summed E-state index contributed by atoms with van der Waals surface area (Å²) >= 11 is 0. The Hall–Kier alpha value is -0.160. The van der Waals surface area contributed by atoms with E-state index in [1.165, 1.54) is 0 Å². The zero-order chi connectivity index (χ0) is 7.56. The third kappa shape index (κ3) is 1.46. The van der Waals surface area contributed by atoms with Crippen molar-refractivity contribution >= 4 is 0 Å². The van der Waals surface area contributed by atoms with Crippen LogP contribution in [0.3, 0.4) is 0 Å². The van der Waals surface area contributed by atoms with Crippen LogP contribution in [0.15, 0.2) is 0 Å². The van der Waals surface area contributed by atoms with Crippen LogP contribution in [-0.4, -0.2) is 46.8 Å². The van der Waals surface area contributed by atoms with Crippen molar-refractivity contribution in [3.05, 3.63) is 0 Å². The number of ether oxygens (including phenoxy) is 1. The monoisotopic (exact) mass is 148 g/mol. The first-order valence-corrected chi connectivity index (χ1v) is 3.34. The Balaban J connectivity index is 2.42. The normalized spacial score (nSPS) is 41.7. The molecule has 4 heteroatoms. The van der Waals surface area contributed by atoms with Crippen LogP contribution < -0.4 is 0 Å². The molecule has 1 heterocycles. The Morgan fingerprint density at radius 1 is 1.40 bits per heavy atom. The van der Waals surface area contributed by atoms with Gasteiger partial charge in [0.05, 0.1) is 12.7 Å². The van der Waals surface area contributed by atoms with Gasteiger partial charge in [-0.1, -0.05) is 0 Å². The fraction of sp³-hybridized carbons (Fsp3) is 1.00. The van der Waals surface area contributed by atoms with Gasteiger partial charge in [-0.05, 0) is 6.42 Å². The predicted molar refractivity (Wildman–Crippen MR) is 33.5 cm³/mol. The Morgan fingerprint density at radius 3 is 2.60 bits per heavy atom. The summed E-state index contributed by atoms with van der Waals surface area (Å²) in [6.07, 6.45) is -1.84. The molecule has 4 nitrogen and oxygen atoms in total. The Morgan fingerprint density at radius 2 is 2.10 bits per heavy atom. The molecule has 3 N–H and O–H groups in total. The highest BCUT2D eigenvalue weighted by molar-refractivity contribution is 4.79. The molecule has 0 aromatic heterocycles. The molecule has 1 rings (SSSR count). The molecule has 0 radical (unpaired) electrons. The molecule has 0 spiro atoms. The average Bonchev–Trinajstić information content (AvgIpc) is 1.95. The number of aliphatic hydroxyl groups excluding tert-OH is 3. The van der Waals surface area contributed by atoms with Crippen LogP contribution in [0.5, 0.6) is 0 Å². The van der Waals surface area contributed by atoms with Gasteiger partial charge in [-0.15, -0.1) is 0 Å². The van der Waals surface area contributed by atoms with E-state index in [9.17, 15) is 0 Å². The summed E-state index contributed by atoms with van der Waals surface area (Å²) in [5.41, 5.74) is 0. The summed E-state index contributed by atoms with van der Waals surface area (Å²) in [6.45, 7) is 0.168. The molecule has 0 aromatic rings. The standard InChI is InChI=1S/C6H12O4/c7-3-5-6(9)4(8)1-2-10-5/h4-9H,1-3H2/t4-,5-,6?/m1/s1. The number of rotatable bonds is 1. The predicted octanol–water partition coefficient (Wildman–Crippen LogP) is -1.51. The largest absolute Gasteiger partial charge is 0.394 e. The van der Waals surface area contributed by atoms with E-state index in [1.54, 1.807) is 0 Å². The lowest BCUT2D eigenvalue weighted by Gasteiger charge is -2.30. The van der Waals surface area contributed by atoms with E-state index in [-0.39, 0.29) is 6.61 Å². The Kier molecular flexibility index (Phi) is 2.62. The van der Waals surface area contributed by atoms with E-state index in [2.05, 4.69) is 0 Å². The summed E-state index contributed by atoms with van der Waals surface area (Å²) in [4.78, 5) is 0. The summed E-state index contributed by atoms with van der Waals surface area (Å²) in [5.74, 6) is 0. The lowest BCUT2D eigenvalue weighted by atomic mass is 10.0. The Labute approximate surface area is 59.1 Å². The van der Waals surface area contributed by atoms with Crippen molar-refractivity contribution in [3.8, 4) is 0 Å². The van der Waals surface area contributed by atoms with Gasteiger partial charge in [0.2, 0.25) is 0 Å². The van der Waals surface area contributed by atoms with Gasteiger partial charge in [-0.2, -0.15) is 0 Å². The van der Waals surface area contributed by atoms with Gasteiger partial charge < -0.3 is 20.1 Å². The zero-order valence-electron chi connectivity index (χ0n) is 5.60. The summed E-state index contributed by atoms with van der Waals surface area (Å²) in [7, 11) is 0. The van der Waals surface area contributed by atoms with Gasteiger partial charge >= 0.3 is 0 Å². The molecular weight excluding hydrogens is 136 g/mol. The van der Waals surface area contributed by atoms with E-state index in [4.69, 9.17) is 20.1 Å². The van der Waals surface area contributed by atoms with Crippen molar-refractivity contribution in [2.45, 2.75) is 24.7 Å². The zero-order valence-corrected chi connectivity index (χ0v) is 5.60. The quantitative estimate of drug-likeness (QED) is 0.423. The molecule has 1 aliphatic heterocycles. The minimum atomic E-state index is -0.932. The molecule has 0 bridgehead atoms. The summed E-state index contributed by atoms with van der Waals surface area (Å²) < 4.78 is 4.95. The van der Waals surface area contributed by atoms with Crippen molar-refractivity contribution < 1.29 is 20.1 Å². The van der Waals surface area contributed by atoms with Crippen LogP contribution in [-0.2, 0) is 4.74 Å². The second-order valence-corrected chi connectivity index (χ2v) is 2.44. The summed E-state index contributed by atoms with van der Waals surface area (Å²) in [6, 6.07) is 0. The van der Waals surface area contributed by atoms with Crippen molar-refractivity contribution in [3.63, 3.8) is 0 Å². The lowest BCUT2D eigenvalue weighted by molar-refractivity contribution is -0.147. The first-order chi connectivity index (χ1) is 4.75. The van der Waals surface area contributed by atoms with E-state index in [0.717, 1.165) is 0 Å². The molecule has 60 valence electrons. The number of aliphatic hydroxyl groups is 3. The van der Waals surface area contributed by atoms with Crippen molar-refractivity contribution in [1.29, 1.82) is 0 Å². The molecule has 1 aliphatic rings. The van der Waals surface area contributed by atoms with E-state index < -0.39 is 18.3 Å². The molecule has 10 heavy (non-hydrogen) atoms. The smallest absolute Gasteiger partial charge is 0.109 e. The van der Waals surface area contributed by atoms with E-state index in [1.807, 2.05) is 0 Å². The first-order valence-electron chi connectivity index (χ1n) is 3.34. The third-order valence-electron chi connectivity index (χ3n) is 1.70. The van der Waals surface area contributed by atoms with E-state index >= 15 is 0 Å². The van der Waals surface area contributed by atoms with Gasteiger partial charge in [0.15, 0.2) is 0 Å². The van der Waals surface area contributed by atoms with Gasteiger partial charge in [-0.3, -0.25) is 0 Å². The van der Waals surface area contributed by atoms with Crippen LogP contribution in [0.1, 0.15) is 6.42 Å². The fourth-order valence-corrected chi connectivity index (χ4v) is 1.02. The molecular formula is C6H12O4. The SMILES string of the molecule is OC[C@H]1OCC[C@@H](O)C1O. The van der Waals surface area contributed by atoms with Crippen LogP contribution >= 0.6 is 0 Å². The van der Waals surface area contributed by atoms with Crippen molar-refractivity contribution in [1.82, 2.24) is 0 Å². The second kappa shape index (κ2) is 3.30. The highest BCUT2D eigenvalue weighted by Crippen LogP contribution is 2.13. The molecule has 0 amide bonds. The topological polar surface area (TPSA) is 69.9 Å². The van der Waals surface area contributed by atoms with Crippen LogP contribution in [0.4, 0.5) is 0 Å². The number of hydrogen-bond donors (Lipinski definition) is 3. The van der Waals surface area contributed by atoms with Crippen molar-refractivity contribution in [2.75, 3.05) is 13.2 Å². The van der Waals surface area contributed by atoms with Gasteiger partial charge in [-0.25, -0.2) is 0 Å². The maximum absolute atomic E-state index is 9.10. The molecule has 1 fully saturated rings. The Bertz CT molecular complexity index is 106. The lowest BCUT2D eigenvalue weighted by Crippen LogP contribution is -2.46. The highest BCUT2D eigenvalue weighted by Gasteiger charge is 2.30. The maximum Gasteiger partial charge on any atom is 0.109 e. The average molecular weight is 148 g/mol. The maximum atomic E-state index is 9.10. The van der Waals surface area contributed by atoms with Gasteiger partial charge in [0.1, 0.15) is 12.2 Å². The molecule has 0 aromatic carbocycles. The molecule has 3 atom stereocenters. The molecule has 1 unspecified atom stereocenters. The van der Waals surface area contributed by atoms with E-state index in [0.29, 0.717) is 13.0 Å². The van der Waals surface area contributed by atoms with Crippen molar-refractivity contribution in [2.24, 2.45) is 0 Å². The minimum absolute atomic E-state index is 0.238. The molecule has 1 saturated heterocycles. The number of hydrogen-bond acceptors (Lipinski definition) is 4. The van der Waals surface area contributed by atoms with Crippen LogP contribution in [0.2, 0.25) is 0 Å². The van der Waals surface area contributed by atoms with Gasteiger partial charge in [0.25, 0.3) is 0 Å². The molecule has 0 saturated carbocycles.